The van der Waals surface area contributed by atoms with Crippen molar-refractivity contribution in [1.29, 1.82) is 0 Å². The van der Waals surface area contributed by atoms with Gasteiger partial charge in [-0.2, -0.15) is 0 Å². The fourth-order valence-electron chi connectivity index (χ4n) is 1.13. The zero-order valence-electron chi connectivity index (χ0n) is 10.8. The van der Waals surface area contributed by atoms with Gasteiger partial charge in [-0.05, 0) is 53.1 Å². The van der Waals surface area contributed by atoms with Crippen molar-refractivity contribution in [3.63, 3.8) is 0 Å². The van der Waals surface area contributed by atoms with Crippen LogP contribution in [0.15, 0.2) is 23.4 Å². The first-order valence-corrected chi connectivity index (χ1v) is 6.77. The fourth-order valence-corrected chi connectivity index (χ4v) is 1.96. The summed E-state index contributed by atoms with van der Waals surface area (Å²) in [7, 11) is 0. The Morgan fingerprint density at radius 3 is 2.84 bits per heavy atom. The molecule has 1 aromatic rings. The molecule has 0 amide bonds. The van der Waals surface area contributed by atoms with Gasteiger partial charge in [-0.3, -0.25) is 0 Å². The third kappa shape index (κ3) is 5.30. The highest BCUT2D eigenvalue weighted by molar-refractivity contribution is 14.1. The average molecular weight is 371 g/mol. The topological polar surface area (TPSA) is 47.9 Å². The van der Waals surface area contributed by atoms with Gasteiger partial charge in [0.05, 0.1) is 3.57 Å². The zero-order valence-corrected chi connectivity index (χ0v) is 12.9. The Hall–Kier alpha value is -1.55. The second-order valence-electron chi connectivity index (χ2n) is 3.72. The summed E-state index contributed by atoms with van der Waals surface area (Å²) >= 11 is 2.18. The first kappa shape index (κ1) is 15.5. The van der Waals surface area contributed by atoms with Gasteiger partial charge in [-0.1, -0.05) is 18.1 Å². The normalized spacial score (nSPS) is 10.7. The number of carbonyl (C=O) groups is 1. The lowest BCUT2D eigenvalue weighted by Crippen LogP contribution is -2.12. The van der Waals surface area contributed by atoms with E-state index in [9.17, 15) is 4.79 Å². The molecule has 0 saturated carbocycles. The van der Waals surface area contributed by atoms with Crippen LogP contribution in [0.3, 0.4) is 0 Å². The van der Waals surface area contributed by atoms with Crippen molar-refractivity contribution in [2.45, 2.75) is 20.3 Å². The molecule has 0 aliphatic carbocycles. The van der Waals surface area contributed by atoms with Gasteiger partial charge in [0, 0.05) is 6.42 Å². The van der Waals surface area contributed by atoms with E-state index in [0.29, 0.717) is 0 Å². The molecule has 4 nitrogen and oxygen atoms in total. The van der Waals surface area contributed by atoms with Gasteiger partial charge in [0.25, 0.3) is 0 Å². The second-order valence-corrected chi connectivity index (χ2v) is 4.88. The molecule has 0 aromatic heterocycles. The molecule has 0 bridgehead atoms. The lowest BCUT2D eigenvalue weighted by Gasteiger charge is -2.07. The SMILES string of the molecule is C#C/C(COc1ccc(C)cc1I)=N\OC(=O)CC. The third-order valence-electron chi connectivity index (χ3n) is 2.16. The van der Waals surface area contributed by atoms with Crippen molar-refractivity contribution in [2.24, 2.45) is 5.16 Å². The standard InChI is InChI=1S/C14H14INO3/c1-4-11(16-19-14(17)5-2)9-18-13-7-6-10(3)8-12(13)15/h1,6-8H,5,9H2,2-3H3/b16-11+. The molecule has 0 aliphatic heterocycles. The number of nitrogens with zero attached hydrogens (tertiary/aromatic N) is 1. The molecule has 19 heavy (non-hydrogen) atoms. The number of oxime groups is 1. The Labute approximate surface area is 126 Å². The summed E-state index contributed by atoms with van der Waals surface area (Å²) in [6.45, 7) is 3.77. The Bertz CT molecular complexity index is 532. The number of halogens is 1. The van der Waals surface area contributed by atoms with E-state index in [1.807, 2.05) is 25.1 Å². The first-order valence-electron chi connectivity index (χ1n) is 5.69. The number of benzene rings is 1. The highest BCUT2D eigenvalue weighted by atomic mass is 127. The molecule has 0 aliphatic rings. The van der Waals surface area contributed by atoms with Gasteiger partial charge in [-0.25, -0.2) is 4.79 Å². The van der Waals surface area contributed by atoms with E-state index in [-0.39, 0.29) is 18.7 Å². The molecule has 0 saturated heterocycles. The predicted octanol–water partition coefficient (Wildman–Crippen LogP) is 2.92. The van der Waals surface area contributed by atoms with E-state index < -0.39 is 5.97 Å². The molecule has 1 rings (SSSR count). The fraction of sp³-hybridized carbons (Fsp3) is 0.286. The van der Waals surface area contributed by atoms with Gasteiger partial charge in [0.15, 0.2) is 5.71 Å². The van der Waals surface area contributed by atoms with E-state index in [1.54, 1.807) is 6.92 Å². The van der Waals surface area contributed by atoms with E-state index in [2.05, 4.69) is 38.5 Å². The van der Waals surface area contributed by atoms with Crippen molar-refractivity contribution >= 4 is 34.3 Å². The minimum Gasteiger partial charge on any atom is -0.485 e. The van der Waals surface area contributed by atoms with Gasteiger partial charge in [-0.15, -0.1) is 6.42 Å². The molecule has 100 valence electrons. The van der Waals surface area contributed by atoms with Crippen LogP contribution in [-0.4, -0.2) is 18.3 Å². The minimum atomic E-state index is -0.433. The van der Waals surface area contributed by atoms with Crippen LogP contribution in [-0.2, 0) is 9.63 Å². The van der Waals surface area contributed by atoms with Gasteiger partial charge >= 0.3 is 5.97 Å². The van der Waals surface area contributed by atoms with Crippen LogP contribution in [0, 0.1) is 22.8 Å². The lowest BCUT2D eigenvalue weighted by molar-refractivity contribution is -0.143. The molecule has 0 atom stereocenters. The van der Waals surface area contributed by atoms with Crippen LogP contribution < -0.4 is 4.74 Å². The molecule has 1 aromatic carbocycles. The summed E-state index contributed by atoms with van der Waals surface area (Å²) < 4.78 is 6.52. The van der Waals surface area contributed by atoms with E-state index in [0.717, 1.165) is 14.9 Å². The monoisotopic (exact) mass is 371 g/mol. The van der Waals surface area contributed by atoms with Gasteiger partial charge < -0.3 is 9.57 Å². The van der Waals surface area contributed by atoms with E-state index in [4.69, 9.17) is 11.2 Å². The summed E-state index contributed by atoms with van der Waals surface area (Å²) in [5.41, 5.74) is 1.39. The summed E-state index contributed by atoms with van der Waals surface area (Å²) in [6.07, 6.45) is 5.52. The van der Waals surface area contributed by atoms with Crippen LogP contribution in [0.2, 0.25) is 0 Å². The van der Waals surface area contributed by atoms with Crippen molar-refractivity contribution in [3.05, 3.63) is 27.3 Å². The predicted molar refractivity (Wildman–Crippen MR) is 82.0 cm³/mol. The molecular formula is C14H14INO3. The second kappa shape index (κ2) is 7.79. The van der Waals surface area contributed by atoms with Crippen molar-refractivity contribution in [1.82, 2.24) is 0 Å². The van der Waals surface area contributed by atoms with Gasteiger partial charge in [0.2, 0.25) is 0 Å². The highest BCUT2D eigenvalue weighted by Gasteiger charge is 2.04. The number of rotatable bonds is 5. The van der Waals surface area contributed by atoms with Crippen LogP contribution in [0.25, 0.3) is 0 Å². The molecule has 0 unspecified atom stereocenters. The number of carbonyl (C=O) groups excluding carboxylic acids is 1. The maximum absolute atomic E-state index is 11.0. The summed E-state index contributed by atoms with van der Waals surface area (Å²) in [5, 5.41) is 3.58. The Kier molecular flexibility index (Phi) is 6.36. The number of ether oxygens (including phenoxy) is 1. The summed E-state index contributed by atoms with van der Waals surface area (Å²) in [4.78, 5) is 15.6. The van der Waals surface area contributed by atoms with Crippen LogP contribution in [0.5, 0.6) is 5.75 Å². The van der Waals surface area contributed by atoms with Crippen LogP contribution in [0.1, 0.15) is 18.9 Å². The van der Waals surface area contributed by atoms with Crippen LogP contribution >= 0.6 is 22.6 Å². The Morgan fingerprint density at radius 2 is 2.26 bits per heavy atom. The molecule has 0 heterocycles. The Morgan fingerprint density at radius 1 is 1.53 bits per heavy atom. The number of aryl methyl sites for hydroxylation is 1. The van der Waals surface area contributed by atoms with Crippen LogP contribution in [0.4, 0.5) is 0 Å². The van der Waals surface area contributed by atoms with Gasteiger partial charge in [0.1, 0.15) is 12.4 Å². The molecule has 0 spiro atoms. The smallest absolute Gasteiger partial charge is 0.334 e. The average Bonchev–Trinajstić information content (AvgIpc) is 2.40. The molecular weight excluding hydrogens is 357 g/mol. The third-order valence-corrected chi connectivity index (χ3v) is 3.01. The van der Waals surface area contributed by atoms with Crippen molar-refractivity contribution in [2.75, 3.05) is 6.61 Å². The molecule has 0 fully saturated rings. The maximum Gasteiger partial charge on any atom is 0.334 e. The van der Waals surface area contributed by atoms with Crippen molar-refractivity contribution < 1.29 is 14.4 Å². The zero-order chi connectivity index (χ0) is 14.3. The quantitative estimate of drug-likeness (QED) is 0.263. The number of hydrogen-bond acceptors (Lipinski definition) is 4. The number of terminal acetylenes is 1. The van der Waals surface area contributed by atoms with E-state index in [1.165, 1.54) is 0 Å². The number of hydrogen-bond donors (Lipinski definition) is 0. The lowest BCUT2D eigenvalue weighted by atomic mass is 10.2. The summed E-state index contributed by atoms with van der Waals surface area (Å²) in [5.74, 6) is 2.61. The Balaban J connectivity index is 2.63. The molecule has 5 heteroatoms. The summed E-state index contributed by atoms with van der Waals surface area (Å²) in [6, 6.07) is 5.81. The maximum atomic E-state index is 11.0. The minimum absolute atomic E-state index is 0.0898. The molecule has 0 N–H and O–H groups in total. The first-order chi connectivity index (χ1) is 9.06. The highest BCUT2D eigenvalue weighted by Crippen LogP contribution is 2.21. The molecule has 0 radical (unpaired) electrons. The largest absolute Gasteiger partial charge is 0.485 e. The van der Waals surface area contributed by atoms with E-state index >= 15 is 0 Å². The van der Waals surface area contributed by atoms with Crippen molar-refractivity contribution in [3.8, 4) is 18.1 Å².